The van der Waals surface area contributed by atoms with E-state index in [1.165, 1.54) is 28.6 Å². The fraction of sp³-hybridized carbons (Fsp3) is 0.148. The van der Waals surface area contributed by atoms with Gasteiger partial charge in [0.2, 0.25) is 10.0 Å². The summed E-state index contributed by atoms with van der Waals surface area (Å²) in [4.78, 5) is 12.7. The molecule has 3 aromatic rings. The van der Waals surface area contributed by atoms with Gasteiger partial charge in [-0.3, -0.25) is 4.79 Å². The van der Waals surface area contributed by atoms with Crippen molar-refractivity contribution in [2.45, 2.75) is 4.90 Å². The molecule has 0 unspecified atom stereocenters. The number of benzene rings is 3. The van der Waals surface area contributed by atoms with Crippen LogP contribution in [0.3, 0.4) is 0 Å². The van der Waals surface area contributed by atoms with Crippen molar-refractivity contribution in [2.24, 2.45) is 0 Å². The molecule has 0 radical (unpaired) electrons. The maximum atomic E-state index is 12.8. The van der Waals surface area contributed by atoms with Gasteiger partial charge in [-0.25, -0.2) is 8.42 Å². The first-order valence-corrected chi connectivity index (χ1v) is 12.4. The van der Waals surface area contributed by atoms with E-state index in [2.05, 4.69) is 18.5 Å². The number of amides is 1. The number of hydrogen-bond donors (Lipinski definition) is 1. The van der Waals surface area contributed by atoms with Crippen LogP contribution < -0.4 is 14.8 Å². The fourth-order valence-electron chi connectivity index (χ4n) is 3.16. The number of sulfonamides is 1. The molecule has 0 aliphatic rings. The van der Waals surface area contributed by atoms with Crippen molar-refractivity contribution < 1.29 is 22.7 Å². The molecule has 0 saturated carbocycles. The highest BCUT2D eigenvalue weighted by molar-refractivity contribution is 7.89. The molecule has 3 aromatic carbocycles. The monoisotopic (exact) mass is 492 g/mol. The van der Waals surface area contributed by atoms with Gasteiger partial charge in [-0.05, 0) is 60.7 Å². The van der Waals surface area contributed by atoms with E-state index in [9.17, 15) is 13.2 Å². The molecule has 0 heterocycles. The summed E-state index contributed by atoms with van der Waals surface area (Å²) in [7, 11) is -3.70. The van der Waals surface area contributed by atoms with E-state index >= 15 is 0 Å². The molecule has 7 nitrogen and oxygen atoms in total. The summed E-state index contributed by atoms with van der Waals surface area (Å²) in [6, 6.07) is 22.2. The summed E-state index contributed by atoms with van der Waals surface area (Å²) in [5.74, 6) is 1.08. The van der Waals surface area contributed by atoms with Gasteiger partial charge in [0.15, 0.2) is 0 Å². The van der Waals surface area contributed by atoms with Crippen LogP contribution in [0.4, 0.5) is 5.69 Å². The predicted octanol–water partition coefficient (Wildman–Crippen LogP) is 4.76. The molecule has 0 aliphatic carbocycles. The van der Waals surface area contributed by atoms with Gasteiger partial charge in [0, 0.05) is 24.3 Å². The Kier molecular flexibility index (Phi) is 9.23. The molecular weight excluding hydrogens is 464 g/mol. The first-order chi connectivity index (χ1) is 16.9. The van der Waals surface area contributed by atoms with Crippen LogP contribution in [-0.4, -0.2) is 44.9 Å². The Morgan fingerprint density at radius 2 is 1.34 bits per heavy atom. The zero-order valence-corrected chi connectivity index (χ0v) is 20.1. The normalized spacial score (nSPS) is 11.0. The molecule has 1 N–H and O–H groups in total. The molecule has 0 atom stereocenters. The van der Waals surface area contributed by atoms with Gasteiger partial charge in [0.1, 0.15) is 24.7 Å². The van der Waals surface area contributed by atoms with Crippen LogP contribution in [0.1, 0.15) is 10.4 Å². The number of anilines is 1. The quantitative estimate of drug-likeness (QED) is 0.275. The lowest BCUT2D eigenvalue weighted by atomic mass is 10.2. The minimum absolute atomic E-state index is 0.122. The highest BCUT2D eigenvalue weighted by Gasteiger charge is 2.22. The zero-order valence-electron chi connectivity index (χ0n) is 19.3. The van der Waals surface area contributed by atoms with Crippen molar-refractivity contribution in [2.75, 3.05) is 31.6 Å². The van der Waals surface area contributed by atoms with Crippen molar-refractivity contribution in [1.82, 2.24) is 4.31 Å². The van der Waals surface area contributed by atoms with Crippen molar-refractivity contribution in [1.29, 1.82) is 0 Å². The molecule has 8 heteroatoms. The summed E-state index contributed by atoms with van der Waals surface area (Å²) in [5, 5.41) is 2.77. The average molecular weight is 493 g/mol. The van der Waals surface area contributed by atoms with Crippen molar-refractivity contribution in [3.05, 3.63) is 110 Å². The Hall–Kier alpha value is -3.88. The Labute approximate surface area is 206 Å². The average Bonchev–Trinajstić information content (AvgIpc) is 2.88. The summed E-state index contributed by atoms with van der Waals surface area (Å²) in [5.41, 5.74) is 0.920. The molecule has 1 amide bonds. The van der Waals surface area contributed by atoms with Crippen LogP contribution in [0.25, 0.3) is 0 Å². The topological polar surface area (TPSA) is 84.9 Å². The van der Waals surface area contributed by atoms with E-state index < -0.39 is 10.0 Å². The van der Waals surface area contributed by atoms with Gasteiger partial charge in [-0.2, -0.15) is 4.31 Å². The lowest BCUT2D eigenvalue weighted by Crippen LogP contribution is -2.31. The van der Waals surface area contributed by atoms with Crippen LogP contribution in [-0.2, 0) is 10.0 Å². The third-order valence-corrected chi connectivity index (χ3v) is 6.74. The summed E-state index contributed by atoms with van der Waals surface area (Å²) >= 11 is 0. The number of carbonyl (C=O) groups excluding carboxylic acids is 1. The van der Waals surface area contributed by atoms with E-state index in [1.54, 1.807) is 36.4 Å². The third kappa shape index (κ3) is 7.30. The maximum Gasteiger partial charge on any atom is 0.255 e. The third-order valence-electron chi connectivity index (χ3n) is 4.90. The lowest BCUT2D eigenvalue weighted by molar-refractivity contribution is 0.102. The molecule has 3 rings (SSSR count). The smallest absolute Gasteiger partial charge is 0.255 e. The SMILES string of the molecule is C=CCN(CC=C)S(=O)(=O)c1ccc(NC(=O)c2ccc(OCCOc3ccccc3)cc2)cc1. The number of nitrogens with one attached hydrogen (secondary N) is 1. The van der Waals surface area contributed by atoms with Crippen molar-refractivity contribution in [3.63, 3.8) is 0 Å². The minimum Gasteiger partial charge on any atom is -0.490 e. The highest BCUT2D eigenvalue weighted by Crippen LogP contribution is 2.20. The van der Waals surface area contributed by atoms with Crippen molar-refractivity contribution >= 4 is 21.6 Å². The second-order valence-electron chi connectivity index (χ2n) is 7.41. The molecule has 0 aromatic heterocycles. The molecule has 0 fully saturated rings. The van der Waals surface area contributed by atoms with Crippen LogP contribution >= 0.6 is 0 Å². The Morgan fingerprint density at radius 3 is 1.89 bits per heavy atom. The zero-order chi connectivity index (χ0) is 25.1. The van der Waals surface area contributed by atoms with Crippen LogP contribution in [0, 0.1) is 0 Å². The fourth-order valence-corrected chi connectivity index (χ4v) is 4.54. The number of hydrogen-bond acceptors (Lipinski definition) is 5. The van der Waals surface area contributed by atoms with Gasteiger partial charge in [-0.15, -0.1) is 13.2 Å². The molecule has 182 valence electrons. The van der Waals surface area contributed by atoms with Gasteiger partial charge < -0.3 is 14.8 Å². The molecular formula is C27H28N2O5S. The standard InChI is InChI=1S/C27H28N2O5S/c1-3-18-29(19-4-2)35(31,32)26-16-12-23(13-17-26)28-27(30)22-10-14-25(15-11-22)34-21-20-33-24-8-6-5-7-9-24/h3-17H,1-2,18-21H2,(H,28,30). The first-order valence-electron chi connectivity index (χ1n) is 11.0. The summed E-state index contributed by atoms with van der Waals surface area (Å²) in [6.07, 6.45) is 3.04. The summed E-state index contributed by atoms with van der Waals surface area (Å²) < 4.78 is 38.1. The van der Waals surface area contributed by atoms with Crippen LogP contribution in [0.2, 0.25) is 0 Å². The number of para-hydroxylation sites is 1. The molecule has 0 saturated heterocycles. The highest BCUT2D eigenvalue weighted by atomic mass is 32.2. The molecule has 0 aliphatic heterocycles. The van der Waals surface area contributed by atoms with Crippen LogP contribution in [0.15, 0.2) is 109 Å². The van der Waals surface area contributed by atoms with Gasteiger partial charge in [-0.1, -0.05) is 30.4 Å². The van der Waals surface area contributed by atoms with Crippen LogP contribution in [0.5, 0.6) is 11.5 Å². The summed E-state index contributed by atoms with van der Waals surface area (Å²) in [6.45, 7) is 8.31. The van der Waals surface area contributed by atoms with E-state index in [0.29, 0.717) is 30.2 Å². The van der Waals surface area contributed by atoms with Crippen molar-refractivity contribution in [3.8, 4) is 11.5 Å². The number of nitrogens with zero attached hydrogens (tertiary/aromatic N) is 1. The van der Waals surface area contributed by atoms with E-state index in [0.717, 1.165) is 5.75 Å². The predicted molar refractivity (Wildman–Crippen MR) is 137 cm³/mol. The van der Waals surface area contributed by atoms with E-state index in [1.807, 2.05) is 30.3 Å². The Balaban J connectivity index is 1.53. The van der Waals surface area contributed by atoms with E-state index in [4.69, 9.17) is 9.47 Å². The molecule has 35 heavy (non-hydrogen) atoms. The lowest BCUT2D eigenvalue weighted by Gasteiger charge is -2.19. The maximum absolute atomic E-state index is 12.8. The Bertz CT molecular complexity index is 1210. The Morgan fingerprint density at radius 1 is 0.800 bits per heavy atom. The number of rotatable bonds is 13. The molecule has 0 bridgehead atoms. The minimum atomic E-state index is -3.70. The largest absolute Gasteiger partial charge is 0.490 e. The number of carbonyl (C=O) groups is 1. The molecule has 0 spiro atoms. The second kappa shape index (κ2) is 12.5. The van der Waals surface area contributed by atoms with E-state index in [-0.39, 0.29) is 23.9 Å². The van der Waals surface area contributed by atoms with Gasteiger partial charge >= 0.3 is 0 Å². The first kappa shape index (κ1) is 25.7. The van der Waals surface area contributed by atoms with Gasteiger partial charge in [0.05, 0.1) is 4.90 Å². The van der Waals surface area contributed by atoms with Gasteiger partial charge in [0.25, 0.3) is 5.91 Å². The number of ether oxygens (including phenoxy) is 2. The second-order valence-corrected chi connectivity index (χ2v) is 9.35.